The first-order valence-electron chi connectivity index (χ1n) is 6.97. The Labute approximate surface area is 110 Å². The van der Waals surface area contributed by atoms with Crippen LogP contribution in [0.25, 0.3) is 0 Å². The van der Waals surface area contributed by atoms with Gasteiger partial charge in [0.1, 0.15) is 0 Å². The smallest absolute Gasteiger partial charge is 0.222 e. The number of hydrogen-bond acceptors (Lipinski definition) is 3. The predicted octanol–water partition coefficient (Wildman–Crippen LogP) is 1.60. The third-order valence-corrected chi connectivity index (χ3v) is 3.80. The minimum atomic E-state index is -0.756. The maximum absolute atomic E-state index is 11.7. The molecule has 0 aromatic heterocycles. The summed E-state index contributed by atoms with van der Waals surface area (Å²) in [5.41, 5.74) is -0.831. The van der Waals surface area contributed by atoms with Gasteiger partial charge in [0.2, 0.25) is 5.91 Å². The van der Waals surface area contributed by atoms with E-state index in [1.807, 2.05) is 13.8 Å². The maximum atomic E-state index is 11.7. The van der Waals surface area contributed by atoms with Crippen LogP contribution < -0.4 is 5.32 Å². The zero-order valence-corrected chi connectivity index (χ0v) is 11.7. The van der Waals surface area contributed by atoms with Gasteiger partial charge in [0, 0.05) is 13.2 Å². The van der Waals surface area contributed by atoms with E-state index < -0.39 is 5.60 Å². The van der Waals surface area contributed by atoms with Crippen molar-refractivity contribution in [3.05, 3.63) is 0 Å². The fourth-order valence-corrected chi connectivity index (χ4v) is 2.45. The number of aliphatic hydroxyl groups excluding tert-OH is 1. The molecule has 4 heteroatoms. The standard InChI is InChI=1S/C14H27NO3/c1-13(2,11-16)6-5-9-15-12(17)10-14(18)7-3-4-8-14/h16,18H,3-11H2,1-2H3,(H,15,17). The third kappa shape index (κ3) is 5.36. The fraction of sp³-hybridized carbons (Fsp3) is 0.929. The quantitative estimate of drug-likeness (QED) is 0.607. The molecule has 0 aromatic carbocycles. The molecule has 1 rings (SSSR count). The van der Waals surface area contributed by atoms with Crippen LogP contribution in [0.2, 0.25) is 0 Å². The molecule has 18 heavy (non-hydrogen) atoms. The first-order valence-corrected chi connectivity index (χ1v) is 6.97. The van der Waals surface area contributed by atoms with Gasteiger partial charge in [-0.25, -0.2) is 0 Å². The summed E-state index contributed by atoms with van der Waals surface area (Å²) in [6, 6.07) is 0. The predicted molar refractivity (Wildman–Crippen MR) is 71.1 cm³/mol. The molecule has 1 saturated carbocycles. The molecule has 0 aromatic rings. The molecule has 0 radical (unpaired) electrons. The van der Waals surface area contributed by atoms with E-state index >= 15 is 0 Å². The summed E-state index contributed by atoms with van der Waals surface area (Å²) in [7, 11) is 0. The van der Waals surface area contributed by atoms with Crippen LogP contribution in [-0.4, -0.2) is 34.9 Å². The number of rotatable bonds is 7. The Balaban J connectivity index is 2.14. The molecule has 3 N–H and O–H groups in total. The van der Waals surface area contributed by atoms with Gasteiger partial charge >= 0.3 is 0 Å². The highest BCUT2D eigenvalue weighted by molar-refractivity contribution is 5.77. The van der Waals surface area contributed by atoms with Gasteiger partial charge in [-0.1, -0.05) is 26.7 Å². The highest BCUT2D eigenvalue weighted by Crippen LogP contribution is 2.32. The molecule has 0 atom stereocenters. The van der Waals surface area contributed by atoms with E-state index in [0.717, 1.165) is 38.5 Å². The van der Waals surface area contributed by atoms with Crippen molar-refractivity contribution in [3.63, 3.8) is 0 Å². The Morgan fingerprint density at radius 3 is 2.50 bits per heavy atom. The Kier molecular flexibility index (Phi) is 5.60. The van der Waals surface area contributed by atoms with Gasteiger partial charge in [-0.3, -0.25) is 4.79 Å². The van der Waals surface area contributed by atoms with Gasteiger partial charge in [-0.2, -0.15) is 0 Å². The van der Waals surface area contributed by atoms with Crippen LogP contribution in [-0.2, 0) is 4.79 Å². The molecule has 0 heterocycles. The molecule has 0 aliphatic heterocycles. The van der Waals surface area contributed by atoms with Gasteiger partial charge in [0.15, 0.2) is 0 Å². The summed E-state index contributed by atoms with van der Waals surface area (Å²) in [6.07, 6.45) is 5.51. The van der Waals surface area contributed by atoms with Crippen LogP contribution in [0.3, 0.4) is 0 Å². The first-order chi connectivity index (χ1) is 8.37. The molecule has 0 saturated heterocycles. The SMILES string of the molecule is CC(C)(CO)CCCNC(=O)CC1(O)CCCC1. The van der Waals surface area contributed by atoms with Crippen LogP contribution in [0.1, 0.15) is 58.8 Å². The van der Waals surface area contributed by atoms with E-state index in [0.29, 0.717) is 6.54 Å². The fourth-order valence-electron chi connectivity index (χ4n) is 2.45. The van der Waals surface area contributed by atoms with Crippen molar-refractivity contribution in [1.82, 2.24) is 5.32 Å². The molecular weight excluding hydrogens is 230 g/mol. The average molecular weight is 257 g/mol. The number of amides is 1. The molecule has 0 bridgehead atoms. The Bertz CT molecular complexity index is 270. The summed E-state index contributed by atoms with van der Waals surface area (Å²) in [5.74, 6) is -0.0544. The normalized spacial score (nSPS) is 18.9. The molecule has 106 valence electrons. The Morgan fingerprint density at radius 2 is 1.94 bits per heavy atom. The van der Waals surface area contributed by atoms with Crippen molar-refractivity contribution in [2.45, 2.75) is 64.4 Å². The van der Waals surface area contributed by atoms with Crippen molar-refractivity contribution in [2.24, 2.45) is 5.41 Å². The van der Waals surface area contributed by atoms with Gasteiger partial charge in [-0.15, -0.1) is 0 Å². The van der Waals surface area contributed by atoms with Crippen LogP contribution in [0.15, 0.2) is 0 Å². The molecule has 4 nitrogen and oxygen atoms in total. The molecule has 0 spiro atoms. The minimum absolute atomic E-state index is 0.0544. The van der Waals surface area contributed by atoms with Crippen LogP contribution in [0, 0.1) is 5.41 Å². The monoisotopic (exact) mass is 257 g/mol. The lowest BCUT2D eigenvalue weighted by molar-refractivity contribution is -0.125. The van der Waals surface area contributed by atoms with Crippen molar-refractivity contribution in [2.75, 3.05) is 13.2 Å². The zero-order chi connectivity index (χ0) is 13.6. The molecule has 0 unspecified atom stereocenters. The van der Waals surface area contributed by atoms with Crippen molar-refractivity contribution < 1.29 is 15.0 Å². The third-order valence-electron chi connectivity index (χ3n) is 3.80. The van der Waals surface area contributed by atoms with Gasteiger partial charge in [0.25, 0.3) is 0 Å². The number of nitrogens with one attached hydrogen (secondary N) is 1. The zero-order valence-electron chi connectivity index (χ0n) is 11.7. The lowest BCUT2D eigenvalue weighted by Gasteiger charge is -2.22. The lowest BCUT2D eigenvalue weighted by Crippen LogP contribution is -2.35. The van der Waals surface area contributed by atoms with Gasteiger partial charge in [0.05, 0.1) is 12.0 Å². The van der Waals surface area contributed by atoms with Gasteiger partial charge in [-0.05, 0) is 31.1 Å². The molecule has 1 aliphatic carbocycles. The molecule has 1 amide bonds. The summed E-state index contributed by atoms with van der Waals surface area (Å²) in [5, 5.41) is 22.0. The minimum Gasteiger partial charge on any atom is -0.396 e. The summed E-state index contributed by atoms with van der Waals surface area (Å²) in [4.78, 5) is 11.7. The Morgan fingerprint density at radius 1 is 1.33 bits per heavy atom. The number of carbonyl (C=O) groups excluding carboxylic acids is 1. The van der Waals surface area contributed by atoms with E-state index in [-0.39, 0.29) is 24.3 Å². The lowest BCUT2D eigenvalue weighted by atomic mass is 9.89. The topological polar surface area (TPSA) is 69.6 Å². The van der Waals surface area contributed by atoms with Crippen molar-refractivity contribution in [1.29, 1.82) is 0 Å². The van der Waals surface area contributed by atoms with E-state index in [2.05, 4.69) is 5.32 Å². The van der Waals surface area contributed by atoms with Gasteiger partial charge < -0.3 is 15.5 Å². The van der Waals surface area contributed by atoms with E-state index in [1.54, 1.807) is 0 Å². The summed E-state index contributed by atoms with van der Waals surface area (Å²) in [6.45, 7) is 4.81. The number of carbonyl (C=O) groups is 1. The second-order valence-corrected chi connectivity index (χ2v) is 6.38. The Hall–Kier alpha value is -0.610. The second-order valence-electron chi connectivity index (χ2n) is 6.38. The highest BCUT2D eigenvalue weighted by atomic mass is 16.3. The number of hydrogen-bond donors (Lipinski definition) is 3. The van der Waals surface area contributed by atoms with E-state index in [4.69, 9.17) is 5.11 Å². The summed E-state index contributed by atoms with van der Waals surface area (Å²) < 4.78 is 0. The molecule has 1 aliphatic rings. The van der Waals surface area contributed by atoms with Crippen molar-refractivity contribution >= 4 is 5.91 Å². The summed E-state index contributed by atoms with van der Waals surface area (Å²) >= 11 is 0. The second kappa shape index (κ2) is 6.53. The molecular formula is C14H27NO3. The average Bonchev–Trinajstić information content (AvgIpc) is 2.71. The van der Waals surface area contributed by atoms with Crippen LogP contribution in [0.4, 0.5) is 0 Å². The van der Waals surface area contributed by atoms with Crippen LogP contribution in [0.5, 0.6) is 0 Å². The maximum Gasteiger partial charge on any atom is 0.222 e. The molecule has 1 fully saturated rings. The largest absolute Gasteiger partial charge is 0.396 e. The van der Waals surface area contributed by atoms with E-state index in [1.165, 1.54) is 0 Å². The van der Waals surface area contributed by atoms with E-state index in [9.17, 15) is 9.90 Å². The highest BCUT2D eigenvalue weighted by Gasteiger charge is 2.33. The number of aliphatic hydroxyl groups is 2. The van der Waals surface area contributed by atoms with Crippen LogP contribution >= 0.6 is 0 Å². The first kappa shape index (κ1) is 15.4. The van der Waals surface area contributed by atoms with Crippen molar-refractivity contribution in [3.8, 4) is 0 Å².